The van der Waals surface area contributed by atoms with Gasteiger partial charge in [0.15, 0.2) is 5.96 Å². The Morgan fingerprint density at radius 1 is 1.14 bits per heavy atom. The Morgan fingerprint density at radius 2 is 1.86 bits per heavy atom. The maximum Gasteiger partial charge on any atom is 0.305 e. The quantitative estimate of drug-likeness (QED) is 0.282. The number of carbonyl (C=O) groups is 1. The molecule has 5 heteroatoms. The standard InChI is InChI=1S/C17H33N3O2/c1-3-18-17(20-15-11-8-9-12-15)19-14-10-6-5-7-13-16(21)22-4-2/h15H,3-14H2,1-2H3,(H2,18,19,20). The molecule has 0 saturated heterocycles. The van der Waals surface area contributed by atoms with Gasteiger partial charge in [-0.3, -0.25) is 9.79 Å². The first kappa shape index (κ1) is 18.8. The Balaban J connectivity index is 2.08. The van der Waals surface area contributed by atoms with Crippen LogP contribution in [0.5, 0.6) is 0 Å². The summed E-state index contributed by atoms with van der Waals surface area (Å²) in [5.74, 6) is 0.886. The molecule has 1 aliphatic rings. The summed E-state index contributed by atoms with van der Waals surface area (Å²) < 4.78 is 4.91. The zero-order valence-electron chi connectivity index (χ0n) is 14.3. The van der Waals surface area contributed by atoms with Crippen LogP contribution in [0, 0.1) is 0 Å². The molecule has 1 aliphatic carbocycles. The van der Waals surface area contributed by atoms with Crippen molar-refractivity contribution >= 4 is 11.9 Å². The normalized spacial score (nSPS) is 15.8. The molecule has 1 rings (SSSR count). The molecule has 1 fully saturated rings. The Labute approximate surface area is 135 Å². The number of nitrogens with one attached hydrogen (secondary N) is 2. The number of hydrogen-bond acceptors (Lipinski definition) is 3. The highest BCUT2D eigenvalue weighted by Gasteiger charge is 2.15. The van der Waals surface area contributed by atoms with Crippen molar-refractivity contribution in [1.29, 1.82) is 0 Å². The summed E-state index contributed by atoms with van der Waals surface area (Å²) in [6.45, 7) is 6.17. The van der Waals surface area contributed by atoms with Crippen molar-refractivity contribution in [2.75, 3.05) is 19.7 Å². The fourth-order valence-electron chi connectivity index (χ4n) is 2.74. The van der Waals surface area contributed by atoms with Crippen molar-refractivity contribution in [3.8, 4) is 0 Å². The zero-order chi connectivity index (χ0) is 16.0. The number of unbranched alkanes of at least 4 members (excludes halogenated alkanes) is 3. The molecule has 1 saturated carbocycles. The van der Waals surface area contributed by atoms with Crippen LogP contribution in [-0.4, -0.2) is 37.7 Å². The SMILES string of the molecule is CCNC(=NCCCCCCC(=O)OCC)NC1CCCC1. The van der Waals surface area contributed by atoms with E-state index in [1.165, 1.54) is 25.7 Å². The molecular weight excluding hydrogens is 278 g/mol. The van der Waals surface area contributed by atoms with E-state index >= 15 is 0 Å². The Bertz CT molecular complexity index is 326. The molecule has 0 radical (unpaired) electrons. The van der Waals surface area contributed by atoms with Gasteiger partial charge in [-0.05, 0) is 39.5 Å². The second kappa shape index (κ2) is 12.3. The van der Waals surface area contributed by atoms with Gasteiger partial charge in [0.25, 0.3) is 0 Å². The lowest BCUT2D eigenvalue weighted by Gasteiger charge is -2.16. The van der Waals surface area contributed by atoms with E-state index in [2.05, 4.69) is 22.5 Å². The predicted octanol–water partition coefficient (Wildman–Crippen LogP) is 3.00. The number of carbonyl (C=O) groups excluding carboxylic acids is 1. The molecule has 0 bridgehead atoms. The van der Waals surface area contributed by atoms with E-state index in [9.17, 15) is 4.79 Å². The van der Waals surface area contributed by atoms with Crippen molar-refractivity contribution in [1.82, 2.24) is 10.6 Å². The van der Waals surface area contributed by atoms with Crippen LogP contribution in [-0.2, 0) is 9.53 Å². The van der Waals surface area contributed by atoms with Gasteiger partial charge in [-0.2, -0.15) is 0 Å². The number of guanidine groups is 1. The van der Waals surface area contributed by atoms with Crippen molar-refractivity contribution in [3.63, 3.8) is 0 Å². The Kier molecular flexibility index (Phi) is 10.5. The van der Waals surface area contributed by atoms with Gasteiger partial charge in [0.1, 0.15) is 0 Å². The fourth-order valence-corrected chi connectivity index (χ4v) is 2.74. The topological polar surface area (TPSA) is 62.7 Å². The van der Waals surface area contributed by atoms with E-state index in [1.54, 1.807) is 0 Å². The summed E-state index contributed by atoms with van der Waals surface area (Å²) in [7, 11) is 0. The highest BCUT2D eigenvalue weighted by molar-refractivity contribution is 5.80. The van der Waals surface area contributed by atoms with Gasteiger partial charge >= 0.3 is 5.97 Å². The summed E-state index contributed by atoms with van der Waals surface area (Å²) >= 11 is 0. The summed E-state index contributed by atoms with van der Waals surface area (Å²) in [6.07, 6.45) is 9.91. The van der Waals surface area contributed by atoms with Crippen LogP contribution in [0.3, 0.4) is 0 Å². The molecule has 0 aromatic heterocycles. The maximum absolute atomic E-state index is 11.2. The third-order valence-corrected chi connectivity index (χ3v) is 3.90. The summed E-state index contributed by atoms with van der Waals surface area (Å²) in [6, 6.07) is 0.599. The molecule has 128 valence electrons. The first-order valence-electron chi connectivity index (χ1n) is 8.96. The minimum absolute atomic E-state index is 0.0734. The molecule has 0 aromatic rings. The first-order chi connectivity index (χ1) is 10.8. The van der Waals surface area contributed by atoms with Crippen molar-refractivity contribution in [3.05, 3.63) is 0 Å². The first-order valence-corrected chi connectivity index (χ1v) is 8.96. The molecule has 0 amide bonds. The third-order valence-electron chi connectivity index (χ3n) is 3.90. The summed E-state index contributed by atoms with van der Waals surface area (Å²) in [4.78, 5) is 15.8. The van der Waals surface area contributed by atoms with Gasteiger partial charge in [-0.25, -0.2) is 0 Å². The number of nitrogens with zero attached hydrogens (tertiary/aromatic N) is 1. The molecular formula is C17H33N3O2. The monoisotopic (exact) mass is 311 g/mol. The van der Waals surface area contributed by atoms with Gasteiger partial charge < -0.3 is 15.4 Å². The van der Waals surface area contributed by atoms with Crippen LogP contribution >= 0.6 is 0 Å². The lowest BCUT2D eigenvalue weighted by molar-refractivity contribution is -0.143. The maximum atomic E-state index is 11.2. The largest absolute Gasteiger partial charge is 0.466 e. The minimum atomic E-state index is -0.0734. The average Bonchev–Trinajstić information content (AvgIpc) is 2.99. The van der Waals surface area contributed by atoms with E-state index in [4.69, 9.17) is 4.74 Å². The minimum Gasteiger partial charge on any atom is -0.466 e. The number of ether oxygens (including phenoxy) is 1. The van der Waals surface area contributed by atoms with Gasteiger partial charge in [0, 0.05) is 25.6 Å². The summed E-state index contributed by atoms with van der Waals surface area (Å²) in [5.41, 5.74) is 0. The molecule has 0 unspecified atom stereocenters. The molecule has 0 heterocycles. The smallest absolute Gasteiger partial charge is 0.305 e. The predicted molar refractivity (Wildman–Crippen MR) is 91.1 cm³/mol. The average molecular weight is 311 g/mol. The van der Waals surface area contributed by atoms with Crippen LogP contribution in [0.2, 0.25) is 0 Å². The number of hydrogen-bond donors (Lipinski definition) is 2. The molecule has 0 aliphatic heterocycles. The molecule has 0 atom stereocenters. The molecule has 22 heavy (non-hydrogen) atoms. The molecule has 0 aromatic carbocycles. The van der Waals surface area contributed by atoms with Crippen LogP contribution in [0.15, 0.2) is 4.99 Å². The van der Waals surface area contributed by atoms with E-state index in [0.717, 1.165) is 44.7 Å². The van der Waals surface area contributed by atoms with Gasteiger partial charge in [-0.15, -0.1) is 0 Å². The summed E-state index contributed by atoms with van der Waals surface area (Å²) in [5, 5.41) is 6.84. The molecule has 0 spiro atoms. The van der Waals surface area contributed by atoms with Crippen LogP contribution in [0.1, 0.15) is 71.6 Å². The third kappa shape index (κ3) is 8.90. The van der Waals surface area contributed by atoms with Crippen molar-refractivity contribution in [2.45, 2.75) is 77.7 Å². The molecule has 2 N–H and O–H groups in total. The zero-order valence-corrected chi connectivity index (χ0v) is 14.3. The van der Waals surface area contributed by atoms with Gasteiger partial charge in [0.05, 0.1) is 6.61 Å². The highest BCUT2D eigenvalue weighted by Crippen LogP contribution is 2.17. The van der Waals surface area contributed by atoms with Crippen LogP contribution in [0.25, 0.3) is 0 Å². The second-order valence-electron chi connectivity index (χ2n) is 5.86. The van der Waals surface area contributed by atoms with Gasteiger partial charge in [-0.1, -0.05) is 25.7 Å². The van der Waals surface area contributed by atoms with E-state index in [1.807, 2.05) is 6.92 Å². The second-order valence-corrected chi connectivity index (χ2v) is 5.86. The number of aliphatic imine (C=N–C) groups is 1. The van der Waals surface area contributed by atoms with Crippen LogP contribution < -0.4 is 10.6 Å². The number of esters is 1. The highest BCUT2D eigenvalue weighted by atomic mass is 16.5. The van der Waals surface area contributed by atoms with Crippen molar-refractivity contribution in [2.24, 2.45) is 4.99 Å². The van der Waals surface area contributed by atoms with E-state index < -0.39 is 0 Å². The van der Waals surface area contributed by atoms with E-state index in [0.29, 0.717) is 19.1 Å². The Hall–Kier alpha value is -1.26. The van der Waals surface area contributed by atoms with Gasteiger partial charge in [0.2, 0.25) is 0 Å². The Morgan fingerprint density at radius 3 is 2.55 bits per heavy atom. The van der Waals surface area contributed by atoms with Crippen LogP contribution in [0.4, 0.5) is 0 Å². The molecule has 5 nitrogen and oxygen atoms in total. The van der Waals surface area contributed by atoms with Crippen molar-refractivity contribution < 1.29 is 9.53 Å². The lowest BCUT2D eigenvalue weighted by atomic mass is 10.1. The number of rotatable bonds is 10. The van der Waals surface area contributed by atoms with E-state index in [-0.39, 0.29) is 5.97 Å². The fraction of sp³-hybridized carbons (Fsp3) is 0.882. The lowest BCUT2D eigenvalue weighted by Crippen LogP contribution is -2.42.